The highest BCUT2D eigenvalue weighted by molar-refractivity contribution is 5.87. The Kier molecular flexibility index (Phi) is 5.26. The maximum Gasteiger partial charge on any atom is 0.394 e. The normalized spacial score (nSPS) is 20.5. The molecule has 1 aliphatic rings. The maximum atomic E-state index is 13.0. The third-order valence-electron chi connectivity index (χ3n) is 4.18. The third-order valence-corrected chi connectivity index (χ3v) is 4.18. The van der Waals surface area contributed by atoms with E-state index in [1.54, 1.807) is 24.3 Å². The number of amides is 1. The summed E-state index contributed by atoms with van der Waals surface area (Å²) in [6.07, 6.45) is -4.91. The predicted octanol–water partition coefficient (Wildman–Crippen LogP) is 2.51. The molecule has 2 aromatic rings. The lowest BCUT2D eigenvalue weighted by molar-refractivity contribution is -0.188. The van der Waals surface area contributed by atoms with Crippen LogP contribution in [0.1, 0.15) is 5.69 Å². The molecule has 3 rings (SSSR count). The van der Waals surface area contributed by atoms with Gasteiger partial charge in [0.25, 0.3) is 0 Å². The Balaban J connectivity index is 0.00000225. The van der Waals surface area contributed by atoms with E-state index >= 15 is 0 Å². The van der Waals surface area contributed by atoms with Gasteiger partial charge in [-0.1, -0.05) is 17.3 Å². The average molecular weight is 379 g/mol. The molecule has 1 aromatic carbocycles. The largest absolute Gasteiger partial charge is 0.481 e. The minimum absolute atomic E-state index is 0. The number of aliphatic carboxylic acids is 1. The summed E-state index contributed by atoms with van der Waals surface area (Å²) >= 11 is 0. The van der Waals surface area contributed by atoms with Gasteiger partial charge >= 0.3 is 12.1 Å². The van der Waals surface area contributed by atoms with Crippen molar-refractivity contribution in [3.05, 3.63) is 30.0 Å². The van der Waals surface area contributed by atoms with E-state index in [0.29, 0.717) is 16.7 Å². The van der Waals surface area contributed by atoms with Crippen molar-refractivity contribution in [1.29, 1.82) is 0 Å². The molecular formula is C15H14ClF3N2O4. The van der Waals surface area contributed by atoms with Gasteiger partial charge in [0.2, 0.25) is 5.91 Å². The molecule has 1 amide bonds. The first-order valence-corrected chi connectivity index (χ1v) is 7.18. The van der Waals surface area contributed by atoms with E-state index in [2.05, 4.69) is 5.16 Å². The predicted molar refractivity (Wildman–Crippen MR) is 82.2 cm³/mol. The number of carboxylic acids is 1. The van der Waals surface area contributed by atoms with Crippen LogP contribution in [0, 0.1) is 11.8 Å². The number of hydrogen-bond acceptors (Lipinski definition) is 4. The smallest absolute Gasteiger partial charge is 0.394 e. The van der Waals surface area contributed by atoms with Crippen molar-refractivity contribution in [3.63, 3.8) is 0 Å². The molecule has 1 aromatic heterocycles. The standard InChI is InChI=1S/C15H13F3N2O4.ClH/c16-15(17,18)10-7-20(6-9(10)14(22)23)13(21)5-11-8-3-1-2-4-12(8)24-19-11;/h1-4,9-10H,5-7H2,(H,22,23);1H/t9-,10-;/m1./s1. The summed E-state index contributed by atoms with van der Waals surface area (Å²) in [6.45, 7) is -1.12. The van der Waals surface area contributed by atoms with Gasteiger partial charge in [-0.2, -0.15) is 13.2 Å². The van der Waals surface area contributed by atoms with Crippen LogP contribution in [-0.2, 0) is 16.0 Å². The van der Waals surface area contributed by atoms with Gasteiger partial charge in [0.15, 0.2) is 5.58 Å². The number of carbonyl (C=O) groups is 2. The molecule has 1 saturated heterocycles. The van der Waals surface area contributed by atoms with Crippen molar-refractivity contribution in [1.82, 2.24) is 10.1 Å². The van der Waals surface area contributed by atoms with Crippen LogP contribution in [0.3, 0.4) is 0 Å². The van der Waals surface area contributed by atoms with Gasteiger partial charge < -0.3 is 14.5 Å². The molecule has 136 valence electrons. The minimum atomic E-state index is -4.67. The fourth-order valence-electron chi connectivity index (χ4n) is 2.91. The van der Waals surface area contributed by atoms with Crippen molar-refractivity contribution in [2.24, 2.45) is 11.8 Å². The number of halogens is 4. The zero-order valence-corrected chi connectivity index (χ0v) is 13.5. The maximum absolute atomic E-state index is 13.0. The van der Waals surface area contributed by atoms with E-state index < -0.39 is 43.0 Å². The van der Waals surface area contributed by atoms with Crippen LogP contribution in [0.5, 0.6) is 0 Å². The van der Waals surface area contributed by atoms with Crippen molar-refractivity contribution in [2.45, 2.75) is 12.6 Å². The first-order chi connectivity index (χ1) is 11.3. The number of carbonyl (C=O) groups excluding carboxylic acids is 1. The Bertz CT molecular complexity index is 792. The number of rotatable bonds is 3. The van der Waals surface area contributed by atoms with E-state index in [4.69, 9.17) is 9.63 Å². The van der Waals surface area contributed by atoms with Crippen LogP contribution < -0.4 is 0 Å². The van der Waals surface area contributed by atoms with Gasteiger partial charge in [-0.3, -0.25) is 9.59 Å². The number of benzene rings is 1. The second-order valence-electron chi connectivity index (χ2n) is 5.69. The van der Waals surface area contributed by atoms with Crippen molar-refractivity contribution >= 4 is 35.3 Å². The molecule has 1 N–H and O–H groups in total. The molecule has 10 heteroatoms. The molecule has 0 aliphatic carbocycles. The van der Waals surface area contributed by atoms with Crippen LogP contribution in [0.2, 0.25) is 0 Å². The summed E-state index contributed by atoms with van der Waals surface area (Å²) in [4.78, 5) is 24.3. The first-order valence-electron chi connectivity index (χ1n) is 7.18. The van der Waals surface area contributed by atoms with Crippen LogP contribution in [0.15, 0.2) is 28.8 Å². The number of para-hydroxylation sites is 1. The summed E-state index contributed by atoms with van der Waals surface area (Å²) < 4.78 is 43.9. The fourth-order valence-corrected chi connectivity index (χ4v) is 2.91. The molecule has 0 spiro atoms. The zero-order chi connectivity index (χ0) is 17.5. The minimum Gasteiger partial charge on any atom is -0.481 e. The van der Waals surface area contributed by atoms with Crippen molar-refractivity contribution < 1.29 is 32.4 Å². The SMILES string of the molecule is Cl.O=C(O)[C@@H]1CN(C(=O)Cc2noc3ccccc23)C[C@H]1C(F)(F)F. The molecule has 0 unspecified atom stereocenters. The summed E-state index contributed by atoms with van der Waals surface area (Å²) in [7, 11) is 0. The number of hydrogen-bond donors (Lipinski definition) is 1. The topological polar surface area (TPSA) is 83.6 Å². The number of nitrogens with zero attached hydrogens (tertiary/aromatic N) is 2. The second-order valence-corrected chi connectivity index (χ2v) is 5.69. The summed E-state index contributed by atoms with van der Waals surface area (Å²) in [5, 5.41) is 13.4. The molecule has 6 nitrogen and oxygen atoms in total. The lowest BCUT2D eigenvalue weighted by atomic mass is 9.96. The number of carboxylic acid groups (broad SMARTS) is 1. The van der Waals surface area contributed by atoms with Gasteiger partial charge in [0.1, 0.15) is 5.69 Å². The van der Waals surface area contributed by atoms with E-state index in [9.17, 15) is 22.8 Å². The quantitative estimate of drug-likeness (QED) is 0.887. The van der Waals surface area contributed by atoms with Gasteiger partial charge in [-0.25, -0.2) is 0 Å². The lowest BCUT2D eigenvalue weighted by Gasteiger charge is -2.18. The Morgan fingerprint density at radius 2 is 1.96 bits per heavy atom. The second kappa shape index (κ2) is 6.91. The number of fused-ring (bicyclic) bond motifs is 1. The monoisotopic (exact) mass is 378 g/mol. The zero-order valence-electron chi connectivity index (χ0n) is 12.7. The molecular weight excluding hydrogens is 365 g/mol. The average Bonchev–Trinajstić information content (AvgIpc) is 3.11. The van der Waals surface area contributed by atoms with E-state index in [1.807, 2.05) is 0 Å². The molecule has 2 atom stereocenters. The van der Waals surface area contributed by atoms with Gasteiger partial charge in [0, 0.05) is 18.5 Å². The van der Waals surface area contributed by atoms with E-state index in [0.717, 1.165) is 4.90 Å². The van der Waals surface area contributed by atoms with Gasteiger partial charge in [-0.05, 0) is 12.1 Å². The third kappa shape index (κ3) is 3.71. The summed E-state index contributed by atoms with van der Waals surface area (Å²) in [5.74, 6) is -5.87. The van der Waals surface area contributed by atoms with Gasteiger partial charge in [-0.15, -0.1) is 12.4 Å². The molecule has 1 fully saturated rings. The van der Waals surface area contributed by atoms with E-state index in [-0.39, 0.29) is 18.8 Å². The Labute approximate surface area is 146 Å². The van der Waals surface area contributed by atoms with Crippen LogP contribution in [0.4, 0.5) is 13.2 Å². The van der Waals surface area contributed by atoms with Crippen molar-refractivity contribution in [2.75, 3.05) is 13.1 Å². The Morgan fingerprint density at radius 1 is 1.28 bits per heavy atom. The number of alkyl halides is 3. The molecule has 25 heavy (non-hydrogen) atoms. The van der Waals surface area contributed by atoms with Crippen molar-refractivity contribution in [3.8, 4) is 0 Å². The number of likely N-dealkylation sites (tertiary alicyclic amines) is 1. The first kappa shape index (κ1) is 19.0. The summed E-state index contributed by atoms with van der Waals surface area (Å²) in [6, 6.07) is 6.80. The molecule has 1 aliphatic heterocycles. The highest BCUT2D eigenvalue weighted by atomic mass is 35.5. The number of aromatic nitrogens is 1. The van der Waals surface area contributed by atoms with Crippen LogP contribution >= 0.6 is 12.4 Å². The molecule has 0 bridgehead atoms. The van der Waals surface area contributed by atoms with Crippen LogP contribution in [0.25, 0.3) is 11.0 Å². The Hall–Kier alpha value is -2.29. The molecule has 0 radical (unpaired) electrons. The Morgan fingerprint density at radius 3 is 2.56 bits per heavy atom. The highest BCUT2D eigenvalue weighted by Gasteiger charge is 2.53. The molecule has 2 heterocycles. The fraction of sp³-hybridized carbons (Fsp3) is 0.400. The van der Waals surface area contributed by atoms with E-state index in [1.165, 1.54) is 0 Å². The van der Waals surface area contributed by atoms with Crippen LogP contribution in [-0.4, -0.2) is 46.3 Å². The molecule has 0 saturated carbocycles. The summed E-state index contributed by atoms with van der Waals surface area (Å²) in [5.41, 5.74) is 0.788. The lowest BCUT2D eigenvalue weighted by Crippen LogP contribution is -2.34. The highest BCUT2D eigenvalue weighted by Crippen LogP contribution is 2.38. The van der Waals surface area contributed by atoms with Gasteiger partial charge in [0.05, 0.1) is 18.3 Å².